The van der Waals surface area contributed by atoms with Crippen LogP contribution in [0, 0.1) is 11.3 Å². The highest BCUT2D eigenvalue weighted by Crippen LogP contribution is 2.40. The Morgan fingerprint density at radius 3 is 2.33 bits per heavy atom. The van der Waals surface area contributed by atoms with Crippen molar-refractivity contribution >= 4 is 29.1 Å². The van der Waals surface area contributed by atoms with Crippen LogP contribution in [0.15, 0.2) is 17.5 Å². The smallest absolute Gasteiger partial charge is 0.261 e. The van der Waals surface area contributed by atoms with E-state index in [2.05, 4.69) is 36.7 Å². The van der Waals surface area contributed by atoms with E-state index >= 15 is 0 Å². The topological polar surface area (TPSA) is 87.3 Å². The van der Waals surface area contributed by atoms with Crippen molar-refractivity contribution in [2.45, 2.75) is 58.9 Å². The van der Waals surface area contributed by atoms with E-state index in [4.69, 9.17) is 0 Å². The van der Waals surface area contributed by atoms with Crippen LogP contribution in [0.25, 0.3) is 0 Å². The molecule has 3 N–H and O–H groups in total. The van der Waals surface area contributed by atoms with Gasteiger partial charge in [-0.2, -0.15) is 0 Å². The molecule has 1 aromatic heterocycles. The molecule has 6 nitrogen and oxygen atoms in total. The molecular formula is C20H31N3O3S. The van der Waals surface area contributed by atoms with Crippen LogP contribution in [0.3, 0.4) is 0 Å². The second kappa shape index (κ2) is 9.88. The zero-order chi connectivity index (χ0) is 19.9. The maximum atomic E-state index is 12.1. The van der Waals surface area contributed by atoms with Crippen molar-refractivity contribution in [3.05, 3.63) is 22.4 Å². The molecule has 0 aromatic carbocycles. The van der Waals surface area contributed by atoms with Gasteiger partial charge in [-0.05, 0) is 48.5 Å². The van der Waals surface area contributed by atoms with Gasteiger partial charge in [-0.15, -0.1) is 11.3 Å². The number of hydrogen-bond donors (Lipinski definition) is 3. The summed E-state index contributed by atoms with van der Waals surface area (Å²) in [4.78, 5) is 36.2. The maximum absolute atomic E-state index is 12.1. The molecule has 0 atom stereocenters. The third kappa shape index (κ3) is 6.65. The van der Waals surface area contributed by atoms with Crippen molar-refractivity contribution < 1.29 is 14.4 Å². The SMILES string of the molecule is CCC(C)(C)C1CCC(NC(=O)CNC(=O)CNC(=O)c2cccs2)CC1. The van der Waals surface area contributed by atoms with Gasteiger partial charge in [0.2, 0.25) is 11.8 Å². The van der Waals surface area contributed by atoms with Gasteiger partial charge in [-0.25, -0.2) is 0 Å². The number of thiophene rings is 1. The first-order valence-electron chi connectivity index (χ1n) is 9.69. The summed E-state index contributed by atoms with van der Waals surface area (Å²) in [6, 6.07) is 3.67. The molecule has 1 aliphatic carbocycles. The molecular weight excluding hydrogens is 362 g/mol. The van der Waals surface area contributed by atoms with Crippen LogP contribution in [-0.4, -0.2) is 36.9 Å². The fourth-order valence-corrected chi connectivity index (χ4v) is 4.12. The van der Waals surface area contributed by atoms with Crippen LogP contribution in [0.4, 0.5) is 0 Å². The van der Waals surface area contributed by atoms with E-state index in [1.54, 1.807) is 17.5 Å². The molecule has 0 radical (unpaired) electrons. The molecule has 27 heavy (non-hydrogen) atoms. The van der Waals surface area contributed by atoms with E-state index in [0.29, 0.717) is 16.2 Å². The lowest BCUT2D eigenvalue weighted by Gasteiger charge is -2.39. The van der Waals surface area contributed by atoms with Crippen molar-refractivity contribution in [2.75, 3.05) is 13.1 Å². The number of carbonyl (C=O) groups excluding carboxylic acids is 3. The summed E-state index contributed by atoms with van der Waals surface area (Å²) < 4.78 is 0. The normalized spacial score (nSPS) is 20.0. The van der Waals surface area contributed by atoms with Gasteiger partial charge in [0.1, 0.15) is 0 Å². The fraction of sp³-hybridized carbons (Fsp3) is 0.650. The minimum absolute atomic E-state index is 0.0614. The Bertz CT molecular complexity index is 635. The van der Waals surface area contributed by atoms with Gasteiger partial charge in [0.05, 0.1) is 18.0 Å². The van der Waals surface area contributed by atoms with Gasteiger partial charge in [0.25, 0.3) is 5.91 Å². The van der Waals surface area contributed by atoms with Crippen molar-refractivity contribution in [1.82, 2.24) is 16.0 Å². The molecule has 0 bridgehead atoms. The Morgan fingerprint density at radius 2 is 1.74 bits per heavy atom. The average molecular weight is 394 g/mol. The largest absolute Gasteiger partial charge is 0.352 e. The van der Waals surface area contributed by atoms with Crippen molar-refractivity contribution in [3.8, 4) is 0 Å². The van der Waals surface area contributed by atoms with Crippen molar-refractivity contribution in [1.29, 1.82) is 0 Å². The summed E-state index contributed by atoms with van der Waals surface area (Å²) in [5.41, 5.74) is 0.358. The second-order valence-electron chi connectivity index (χ2n) is 7.89. The standard InChI is InChI=1S/C20H31N3O3S/c1-4-20(2,3)14-7-9-15(10-8-14)23-18(25)13-21-17(24)12-22-19(26)16-6-5-11-27-16/h5-6,11,14-15H,4,7-10,12-13H2,1-3H3,(H,21,24)(H,22,26)(H,23,25). The van der Waals surface area contributed by atoms with Gasteiger partial charge in [0.15, 0.2) is 0 Å². The molecule has 2 rings (SSSR count). The number of amides is 3. The van der Waals surface area contributed by atoms with E-state index in [1.807, 2.05) is 0 Å². The Hall–Kier alpha value is -1.89. The lowest BCUT2D eigenvalue weighted by Crippen LogP contribution is -2.46. The van der Waals surface area contributed by atoms with Crippen LogP contribution < -0.4 is 16.0 Å². The summed E-state index contributed by atoms with van der Waals surface area (Å²) in [6.45, 7) is 6.68. The van der Waals surface area contributed by atoms with Crippen molar-refractivity contribution in [2.24, 2.45) is 11.3 Å². The second-order valence-corrected chi connectivity index (χ2v) is 8.84. The minimum atomic E-state index is -0.372. The number of rotatable bonds is 8. The van der Waals surface area contributed by atoms with Crippen LogP contribution in [0.5, 0.6) is 0 Å². The Labute approximate surface area is 165 Å². The number of carbonyl (C=O) groups is 3. The van der Waals surface area contributed by atoms with Crippen LogP contribution in [0.2, 0.25) is 0 Å². The monoisotopic (exact) mass is 393 g/mol. The summed E-state index contributed by atoms with van der Waals surface area (Å²) in [6.07, 6.45) is 5.42. The van der Waals surface area contributed by atoms with Gasteiger partial charge < -0.3 is 16.0 Å². The van der Waals surface area contributed by atoms with Crippen LogP contribution in [0.1, 0.15) is 62.5 Å². The van der Waals surface area contributed by atoms with Crippen LogP contribution >= 0.6 is 11.3 Å². The van der Waals surface area contributed by atoms with Gasteiger partial charge in [-0.1, -0.05) is 33.3 Å². The van der Waals surface area contributed by atoms with E-state index in [-0.39, 0.29) is 36.9 Å². The number of nitrogens with one attached hydrogen (secondary N) is 3. The molecule has 7 heteroatoms. The Balaban J connectivity index is 1.62. The molecule has 0 unspecified atom stereocenters. The summed E-state index contributed by atoms with van der Waals surface area (Å²) in [5, 5.41) is 9.91. The lowest BCUT2D eigenvalue weighted by atomic mass is 9.69. The quantitative estimate of drug-likeness (QED) is 0.635. The zero-order valence-electron chi connectivity index (χ0n) is 16.5. The van der Waals surface area contributed by atoms with Crippen molar-refractivity contribution in [3.63, 3.8) is 0 Å². The first kappa shape index (κ1) is 21.4. The highest BCUT2D eigenvalue weighted by atomic mass is 32.1. The first-order chi connectivity index (χ1) is 12.8. The Morgan fingerprint density at radius 1 is 1.07 bits per heavy atom. The molecule has 0 aliphatic heterocycles. The number of hydrogen-bond acceptors (Lipinski definition) is 4. The van der Waals surface area contributed by atoms with Gasteiger partial charge in [0, 0.05) is 6.04 Å². The molecule has 1 heterocycles. The highest BCUT2D eigenvalue weighted by Gasteiger charge is 2.32. The fourth-order valence-electron chi connectivity index (χ4n) is 3.48. The average Bonchev–Trinajstić information content (AvgIpc) is 3.19. The first-order valence-corrected chi connectivity index (χ1v) is 10.6. The van der Waals surface area contributed by atoms with E-state index in [9.17, 15) is 14.4 Å². The lowest BCUT2D eigenvalue weighted by molar-refractivity contribution is -0.126. The molecule has 1 fully saturated rings. The van der Waals surface area contributed by atoms with E-state index < -0.39 is 0 Å². The molecule has 1 saturated carbocycles. The van der Waals surface area contributed by atoms with E-state index in [0.717, 1.165) is 25.7 Å². The third-order valence-electron chi connectivity index (χ3n) is 5.71. The zero-order valence-corrected chi connectivity index (χ0v) is 17.3. The summed E-state index contributed by atoms with van der Waals surface area (Å²) in [7, 11) is 0. The molecule has 1 aromatic rings. The molecule has 150 valence electrons. The van der Waals surface area contributed by atoms with Crippen LogP contribution in [-0.2, 0) is 9.59 Å². The Kier molecular flexibility index (Phi) is 7.83. The molecule has 1 aliphatic rings. The van der Waals surface area contributed by atoms with Gasteiger partial charge >= 0.3 is 0 Å². The highest BCUT2D eigenvalue weighted by molar-refractivity contribution is 7.12. The molecule has 3 amide bonds. The van der Waals surface area contributed by atoms with E-state index in [1.165, 1.54) is 17.8 Å². The summed E-state index contributed by atoms with van der Waals surface area (Å²) >= 11 is 1.32. The third-order valence-corrected chi connectivity index (χ3v) is 6.58. The van der Waals surface area contributed by atoms with Gasteiger partial charge in [-0.3, -0.25) is 14.4 Å². The molecule has 0 spiro atoms. The predicted molar refractivity (Wildman–Crippen MR) is 108 cm³/mol. The summed E-state index contributed by atoms with van der Waals surface area (Å²) in [5.74, 6) is -0.117. The minimum Gasteiger partial charge on any atom is -0.352 e. The predicted octanol–water partition coefficient (Wildman–Crippen LogP) is 2.71. The maximum Gasteiger partial charge on any atom is 0.261 e. The molecule has 0 saturated heterocycles.